The van der Waals surface area contributed by atoms with Gasteiger partial charge in [-0.15, -0.1) is 0 Å². The molecule has 7 heteroatoms. The van der Waals surface area contributed by atoms with Gasteiger partial charge in [-0.3, -0.25) is 9.59 Å². The van der Waals surface area contributed by atoms with Crippen molar-refractivity contribution in [2.45, 2.75) is 6.92 Å². The van der Waals surface area contributed by atoms with Crippen molar-refractivity contribution in [2.24, 2.45) is 0 Å². The number of ether oxygens (including phenoxy) is 1. The number of rotatable bonds is 6. The first-order chi connectivity index (χ1) is 14.0. The molecule has 0 unspecified atom stereocenters. The number of amides is 1. The second-order valence-corrected chi connectivity index (χ2v) is 6.22. The van der Waals surface area contributed by atoms with Crippen molar-refractivity contribution < 1.29 is 19.1 Å². The van der Waals surface area contributed by atoms with E-state index in [-0.39, 0.29) is 17.4 Å². The van der Waals surface area contributed by atoms with Gasteiger partial charge in [0.25, 0.3) is 5.91 Å². The van der Waals surface area contributed by atoms with Crippen LogP contribution in [0.1, 0.15) is 38.1 Å². The van der Waals surface area contributed by atoms with Gasteiger partial charge in [0.05, 0.1) is 24.6 Å². The molecule has 3 rings (SSSR count). The molecule has 0 aliphatic carbocycles. The first-order valence-electron chi connectivity index (χ1n) is 8.80. The van der Waals surface area contributed by atoms with E-state index in [9.17, 15) is 14.4 Å². The third kappa shape index (κ3) is 5.04. The molecule has 2 aromatic carbocycles. The summed E-state index contributed by atoms with van der Waals surface area (Å²) >= 11 is 0. The average Bonchev–Trinajstić information content (AvgIpc) is 2.74. The van der Waals surface area contributed by atoms with E-state index in [2.05, 4.69) is 20.4 Å². The van der Waals surface area contributed by atoms with Gasteiger partial charge in [-0.2, -0.15) is 0 Å². The van der Waals surface area contributed by atoms with Crippen LogP contribution in [0.5, 0.6) is 0 Å². The van der Waals surface area contributed by atoms with Crippen molar-refractivity contribution >= 4 is 34.7 Å². The number of aromatic nitrogens is 1. The molecule has 0 saturated carbocycles. The molecule has 29 heavy (non-hydrogen) atoms. The Morgan fingerprint density at radius 1 is 0.862 bits per heavy atom. The Kier molecular flexibility index (Phi) is 5.99. The Labute approximate surface area is 167 Å². The highest BCUT2D eigenvalue weighted by Gasteiger charge is 2.09. The lowest BCUT2D eigenvalue weighted by molar-refractivity contribution is 0.0600. The zero-order valence-electron chi connectivity index (χ0n) is 15.9. The van der Waals surface area contributed by atoms with Crippen LogP contribution in [0.3, 0.4) is 0 Å². The minimum absolute atomic E-state index is 0.0747. The predicted molar refractivity (Wildman–Crippen MR) is 110 cm³/mol. The van der Waals surface area contributed by atoms with E-state index in [0.29, 0.717) is 22.5 Å². The molecule has 0 radical (unpaired) electrons. The normalized spacial score (nSPS) is 10.1. The number of benzene rings is 2. The molecule has 0 aliphatic heterocycles. The van der Waals surface area contributed by atoms with Crippen LogP contribution in [-0.4, -0.2) is 29.8 Å². The predicted octanol–water partition coefficient (Wildman–Crippen LogP) is 4.07. The number of hydrogen-bond donors (Lipinski definition) is 2. The molecular formula is C22H19N3O4. The number of carbonyl (C=O) groups excluding carboxylic acids is 3. The number of hydrogen-bond acceptors (Lipinski definition) is 6. The maximum atomic E-state index is 12.4. The number of carbonyl (C=O) groups is 3. The van der Waals surface area contributed by atoms with Crippen LogP contribution in [0.15, 0.2) is 66.9 Å². The van der Waals surface area contributed by atoms with Gasteiger partial charge in [-0.1, -0.05) is 12.1 Å². The average molecular weight is 389 g/mol. The maximum Gasteiger partial charge on any atom is 0.337 e. The lowest BCUT2D eigenvalue weighted by Gasteiger charge is -2.09. The Morgan fingerprint density at radius 2 is 1.59 bits per heavy atom. The van der Waals surface area contributed by atoms with Crippen LogP contribution in [0.4, 0.5) is 17.1 Å². The minimum atomic E-state index is -0.401. The van der Waals surface area contributed by atoms with E-state index in [1.807, 2.05) is 0 Å². The van der Waals surface area contributed by atoms with E-state index < -0.39 is 5.97 Å². The molecule has 2 N–H and O–H groups in total. The van der Waals surface area contributed by atoms with Crippen molar-refractivity contribution in [2.75, 3.05) is 17.7 Å². The van der Waals surface area contributed by atoms with Crippen LogP contribution in [-0.2, 0) is 4.74 Å². The van der Waals surface area contributed by atoms with Crippen molar-refractivity contribution in [3.8, 4) is 0 Å². The Balaban J connectivity index is 1.65. The largest absolute Gasteiger partial charge is 0.465 e. The van der Waals surface area contributed by atoms with Crippen LogP contribution in [0.2, 0.25) is 0 Å². The van der Waals surface area contributed by atoms with Gasteiger partial charge >= 0.3 is 5.97 Å². The number of nitrogens with zero attached hydrogens (tertiary/aromatic N) is 1. The molecule has 0 aliphatic rings. The summed E-state index contributed by atoms with van der Waals surface area (Å²) in [5, 5.41) is 5.87. The van der Waals surface area contributed by atoms with Crippen molar-refractivity contribution in [1.82, 2.24) is 4.98 Å². The summed E-state index contributed by atoms with van der Waals surface area (Å²) in [5.74, 6) is -0.851. The summed E-state index contributed by atoms with van der Waals surface area (Å²) < 4.78 is 4.67. The lowest BCUT2D eigenvalue weighted by atomic mass is 10.1. The number of Topliss-reactive ketones (excluding diaryl/α,β-unsaturated/α-hetero) is 1. The number of esters is 1. The minimum Gasteiger partial charge on any atom is -0.465 e. The number of methoxy groups -OCH3 is 1. The van der Waals surface area contributed by atoms with E-state index in [4.69, 9.17) is 0 Å². The van der Waals surface area contributed by atoms with Gasteiger partial charge in [0, 0.05) is 16.9 Å². The van der Waals surface area contributed by atoms with E-state index in [0.717, 1.165) is 5.69 Å². The fourth-order valence-corrected chi connectivity index (χ4v) is 2.59. The smallest absolute Gasteiger partial charge is 0.337 e. The maximum absolute atomic E-state index is 12.4. The quantitative estimate of drug-likeness (QED) is 0.487. The van der Waals surface area contributed by atoms with Crippen LogP contribution >= 0.6 is 0 Å². The zero-order valence-corrected chi connectivity index (χ0v) is 15.9. The molecule has 146 valence electrons. The molecule has 1 amide bonds. The van der Waals surface area contributed by atoms with Crippen LogP contribution in [0.25, 0.3) is 0 Å². The first-order valence-corrected chi connectivity index (χ1v) is 8.80. The van der Waals surface area contributed by atoms with Crippen LogP contribution < -0.4 is 10.6 Å². The van der Waals surface area contributed by atoms with Gasteiger partial charge < -0.3 is 15.4 Å². The molecule has 3 aromatic rings. The standard InChI is InChI=1S/C22H19N3O4/c1-14(26)16-4-3-5-18(12-16)25-21(27)20-11-10-19(13-23-20)24-17-8-6-15(7-9-17)22(28)29-2/h3-13,24H,1-2H3,(H,25,27). The van der Waals surface area contributed by atoms with Gasteiger partial charge in [0.2, 0.25) is 0 Å². The number of ketones is 1. The molecule has 0 spiro atoms. The third-order valence-electron chi connectivity index (χ3n) is 4.12. The molecule has 1 heterocycles. The molecule has 0 atom stereocenters. The molecule has 0 fully saturated rings. The SMILES string of the molecule is COC(=O)c1ccc(Nc2ccc(C(=O)Nc3cccc(C(C)=O)c3)nc2)cc1. The highest BCUT2D eigenvalue weighted by Crippen LogP contribution is 2.18. The van der Waals surface area contributed by atoms with Gasteiger partial charge in [0.1, 0.15) is 5.69 Å². The fourth-order valence-electron chi connectivity index (χ4n) is 2.59. The van der Waals surface area contributed by atoms with Gasteiger partial charge in [-0.05, 0) is 55.5 Å². The molecule has 7 nitrogen and oxygen atoms in total. The summed E-state index contributed by atoms with van der Waals surface area (Å²) in [4.78, 5) is 39.5. The van der Waals surface area contributed by atoms with Crippen LogP contribution in [0, 0.1) is 0 Å². The fraction of sp³-hybridized carbons (Fsp3) is 0.0909. The monoisotopic (exact) mass is 389 g/mol. The van der Waals surface area contributed by atoms with Crippen molar-refractivity contribution in [3.63, 3.8) is 0 Å². The Bertz CT molecular complexity index is 1040. The summed E-state index contributed by atoms with van der Waals surface area (Å²) in [5.41, 5.74) is 3.19. The summed E-state index contributed by atoms with van der Waals surface area (Å²) in [6.07, 6.45) is 1.54. The lowest BCUT2D eigenvalue weighted by Crippen LogP contribution is -2.14. The summed E-state index contributed by atoms with van der Waals surface area (Å²) in [6, 6.07) is 16.8. The Hall–Kier alpha value is -4.00. The highest BCUT2D eigenvalue weighted by molar-refractivity contribution is 6.04. The van der Waals surface area contributed by atoms with Gasteiger partial charge in [0.15, 0.2) is 5.78 Å². The molecule has 0 saturated heterocycles. The second-order valence-electron chi connectivity index (χ2n) is 6.22. The van der Waals surface area contributed by atoms with E-state index in [1.165, 1.54) is 20.2 Å². The second kappa shape index (κ2) is 8.79. The van der Waals surface area contributed by atoms with E-state index >= 15 is 0 Å². The Morgan fingerprint density at radius 3 is 2.21 bits per heavy atom. The molecule has 1 aromatic heterocycles. The molecular weight excluding hydrogens is 370 g/mol. The van der Waals surface area contributed by atoms with Gasteiger partial charge in [-0.25, -0.2) is 9.78 Å². The zero-order chi connectivity index (χ0) is 20.8. The van der Waals surface area contributed by atoms with E-state index in [1.54, 1.807) is 60.7 Å². The van der Waals surface area contributed by atoms with Crippen molar-refractivity contribution in [3.05, 3.63) is 83.7 Å². The first kappa shape index (κ1) is 19.8. The summed E-state index contributed by atoms with van der Waals surface area (Å²) in [7, 11) is 1.33. The molecule has 0 bridgehead atoms. The third-order valence-corrected chi connectivity index (χ3v) is 4.12. The highest BCUT2D eigenvalue weighted by atomic mass is 16.5. The number of anilines is 3. The van der Waals surface area contributed by atoms with Crippen molar-refractivity contribution in [1.29, 1.82) is 0 Å². The topological polar surface area (TPSA) is 97.4 Å². The summed E-state index contributed by atoms with van der Waals surface area (Å²) in [6.45, 7) is 1.47. The number of nitrogens with one attached hydrogen (secondary N) is 2. The number of pyridine rings is 1.